The topological polar surface area (TPSA) is 92.3 Å². The van der Waals surface area contributed by atoms with E-state index in [2.05, 4.69) is 32.6 Å². The summed E-state index contributed by atoms with van der Waals surface area (Å²) in [6, 6.07) is 12.9. The summed E-state index contributed by atoms with van der Waals surface area (Å²) >= 11 is 0. The lowest BCUT2D eigenvalue weighted by Crippen LogP contribution is -2.19. The molecule has 0 bridgehead atoms. The highest BCUT2D eigenvalue weighted by Crippen LogP contribution is 2.21. The highest BCUT2D eigenvalue weighted by molar-refractivity contribution is 6.00. The predicted octanol–water partition coefficient (Wildman–Crippen LogP) is 3.41. The molecule has 1 amide bonds. The minimum Gasteiger partial charge on any atom is -0.494 e. The number of rotatable bonds is 7. The van der Waals surface area contributed by atoms with Crippen LogP contribution in [0.25, 0.3) is 11.3 Å². The normalized spacial score (nSPS) is 11.3. The Labute approximate surface area is 157 Å². The highest BCUT2D eigenvalue weighted by atomic mass is 16.5. The van der Waals surface area contributed by atoms with Crippen LogP contribution in [0.15, 0.2) is 60.0 Å². The Morgan fingerprint density at radius 1 is 1.19 bits per heavy atom. The average Bonchev–Trinajstić information content (AvgIpc) is 3.21. The number of benzene rings is 1. The van der Waals surface area contributed by atoms with Crippen molar-refractivity contribution < 1.29 is 9.53 Å². The smallest absolute Gasteiger partial charge is 0.289 e. The van der Waals surface area contributed by atoms with Crippen molar-refractivity contribution in [1.82, 2.24) is 20.6 Å². The molecular formula is C20H21N5O2. The molecule has 7 nitrogen and oxygen atoms in total. The van der Waals surface area contributed by atoms with Gasteiger partial charge in [0.15, 0.2) is 0 Å². The molecule has 3 aromatic rings. The second-order valence-electron chi connectivity index (χ2n) is 5.91. The van der Waals surface area contributed by atoms with Gasteiger partial charge in [0.2, 0.25) is 0 Å². The van der Waals surface area contributed by atoms with Crippen LogP contribution >= 0.6 is 0 Å². The van der Waals surface area contributed by atoms with Gasteiger partial charge in [-0.25, -0.2) is 5.43 Å². The molecule has 1 aromatic carbocycles. The molecule has 0 fully saturated rings. The van der Waals surface area contributed by atoms with Gasteiger partial charge in [-0.1, -0.05) is 6.92 Å². The zero-order valence-corrected chi connectivity index (χ0v) is 15.3. The molecular weight excluding hydrogens is 342 g/mol. The van der Waals surface area contributed by atoms with Crippen molar-refractivity contribution in [3.05, 3.63) is 66.1 Å². The van der Waals surface area contributed by atoms with Gasteiger partial charge >= 0.3 is 0 Å². The van der Waals surface area contributed by atoms with Gasteiger partial charge in [0, 0.05) is 23.5 Å². The lowest BCUT2D eigenvalue weighted by molar-refractivity contribution is 0.0950. The van der Waals surface area contributed by atoms with E-state index in [1.807, 2.05) is 43.3 Å². The number of H-pyrrole nitrogens is 1. The van der Waals surface area contributed by atoms with E-state index >= 15 is 0 Å². The van der Waals surface area contributed by atoms with Gasteiger partial charge in [-0.15, -0.1) is 0 Å². The molecule has 0 aliphatic rings. The summed E-state index contributed by atoms with van der Waals surface area (Å²) in [6.07, 6.45) is 4.31. The molecule has 2 heterocycles. The maximum absolute atomic E-state index is 12.3. The summed E-state index contributed by atoms with van der Waals surface area (Å²) in [4.78, 5) is 16.2. The van der Waals surface area contributed by atoms with Crippen molar-refractivity contribution >= 4 is 11.6 Å². The number of pyridine rings is 1. The first kappa shape index (κ1) is 18.3. The lowest BCUT2D eigenvalue weighted by Gasteiger charge is -2.04. The van der Waals surface area contributed by atoms with Crippen LogP contribution in [-0.2, 0) is 0 Å². The van der Waals surface area contributed by atoms with E-state index in [1.54, 1.807) is 18.5 Å². The predicted molar refractivity (Wildman–Crippen MR) is 104 cm³/mol. The molecule has 27 heavy (non-hydrogen) atoms. The molecule has 2 N–H and O–H groups in total. The number of nitrogens with one attached hydrogen (secondary N) is 2. The summed E-state index contributed by atoms with van der Waals surface area (Å²) in [7, 11) is 0. The Morgan fingerprint density at radius 3 is 2.63 bits per heavy atom. The first-order valence-corrected chi connectivity index (χ1v) is 8.71. The Hall–Kier alpha value is -3.48. The van der Waals surface area contributed by atoms with E-state index in [1.165, 1.54) is 0 Å². The number of ether oxygens (including phenoxy) is 1. The second-order valence-corrected chi connectivity index (χ2v) is 5.91. The first-order chi connectivity index (χ1) is 13.2. The lowest BCUT2D eigenvalue weighted by atomic mass is 10.1. The summed E-state index contributed by atoms with van der Waals surface area (Å²) < 4.78 is 5.57. The van der Waals surface area contributed by atoms with Gasteiger partial charge < -0.3 is 4.74 Å². The summed E-state index contributed by atoms with van der Waals surface area (Å²) in [5, 5.41) is 11.1. The van der Waals surface area contributed by atoms with E-state index in [4.69, 9.17) is 4.74 Å². The van der Waals surface area contributed by atoms with Gasteiger partial charge in [-0.3, -0.25) is 14.9 Å². The minimum absolute atomic E-state index is 0.336. The molecule has 7 heteroatoms. The third-order valence-corrected chi connectivity index (χ3v) is 3.87. The van der Waals surface area contributed by atoms with Crippen LogP contribution in [0.5, 0.6) is 5.75 Å². The van der Waals surface area contributed by atoms with E-state index in [0.717, 1.165) is 23.3 Å². The number of carbonyl (C=O) groups is 1. The number of aromatic nitrogens is 3. The maximum atomic E-state index is 12.3. The quantitative estimate of drug-likeness (QED) is 0.497. The molecule has 2 aromatic heterocycles. The monoisotopic (exact) mass is 363 g/mol. The Bertz CT molecular complexity index is 917. The Balaban J connectivity index is 1.65. The fourth-order valence-electron chi connectivity index (χ4n) is 2.38. The molecule has 0 spiro atoms. The van der Waals surface area contributed by atoms with Gasteiger partial charge in [0.05, 0.1) is 18.0 Å². The molecule has 3 rings (SSSR count). The van der Waals surface area contributed by atoms with E-state index < -0.39 is 0 Å². The van der Waals surface area contributed by atoms with Gasteiger partial charge in [0.25, 0.3) is 5.91 Å². The summed E-state index contributed by atoms with van der Waals surface area (Å²) in [5.41, 5.74) is 6.02. The van der Waals surface area contributed by atoms with Crippen molar-refractivity contribution in [3.8, 4) is 17.0 Å². The number of nitrogens with zero attached hydrogens (tertiary/aromatic N) is 3. The SMILES string of the molecule is CCCOc1ccc(-c2cc(C(=O)N/N=C(\C)c3ccncc3)[nH]n2)cc1. The fraction of sp³-hybridized carbons (Fsp3) is 0.200. The molecule has 0 aliphatic heterocycles. The van der Waals surface area contributed by atoms with E-state index in [9.17, 15) is 4.79 Å². The Kier molecular flexibility index (Phi) is 5.94. The third-order valence-electron chi connectivity index (χ3n) is 3.87. The van der Waals surface area contributed by atoms with Crippen molar-refractivity contribution in [2.75, 3.05) is 6.61 Å². The molecule has 0 saturated carbocycles. The molecule has 0 unspecified atom stereocenters. The molecule has 138 valence electrons. The number of hydrogen-bond acceptors (Lipinski definition) is 5. The molecule has 0 atom stereocenters. The van der Waals surface area contributed by atoms with Crippen LogP contribution < -0.4 is 10.2 Å². The standard InChI is InChI=1S/C20H21N5O2/c1-3-12-27-17-6-4-16(5-7-17)18-13-19(24-23-18)20(26)25-22-14(2)15-8-10-21-11-9-15/h4-11,13H,3,12H2,1-2H3,(H,23,24)(H,25,26)/b22-14+. The second kappa shape index (κ2) is 8.75. The van der Waals surface area contributed by atoms with Crippen molar-refractivity contribution in [2.45, 2.75) is 20.3 Å². The summed E-state index contributed by atoms with van der Waals surface area (Å²) in [6.45, 7) is 4.56. The van der Waals surface area contributed by atoms with Gasteiger partial charge in [0.1, 0.15) is 11.4 Å². The van der Waals surface area contributed by atoms with Gasteiger partial charge in [-0.05, 0) is 55.8 Å². The van der Waals surface area contributed by atoms with Crippen LogP contribution in [-0.4, -0.2) is 33.4 Å². The first-order valence-electron chi connectivity index (χ1n) is 8.71. The molecule has 0 radical (unpaired) electrons. The zero-order valence-electron chi connectivity index (χ0n) is 15.3. The zero-order chi connectivity index (χ0) is 19.1. The minimum atomic E-state index is -0.356. The number of carbonyl (C=O) groups excluding carboxylic acids is 1. The third kappa shape index (κ3) is 4.78. The average molecular weight is 363 g/mol. The van der Waals surface area contributed by atoms with Crippen LogP contribution in [0.2, 0.25) is 0 Å². The molecule has 0 aliphatic carbocycles. The van der Waals surface area contributed by atoms with Crippen LogP contribution in [0.4, 0.5) is 0 Å². The maximum Gasteiger partial charge on any atom is 0.289 e. The van der Waals surface area contributed by atoms with Crippen molar-refractivity contribution in [1.29, 1.82) is 0 Å². The van der Waals surface area contributed by atoms with Crippen LogP contribution in [0, 0.1) is 0 Å². The number of aromatic amines is 1. The number of amides is 1. The van der Waals surface area contributed by atoms with Crippen LogP contribution in [0.3, 0.4) is 0 Å². The summed E-state index contributed by atoms with van der Waals surface area (Å²) in [5.74, 6) is 0.458. The highest BCUT2D eigenvalue weighted by Gasteiger charge is 2.11. The van der Waals surface area contributed by atoms with Crippen molar-refractivity contribution in [2.24, 2.45) is 5.10 Å². The van der Waals surface area contributed by atoms with Crippen molar-refractivity contribution in [3.63, 3.8) is 0 Å². The van der Waals surface area contributed by atoms with E-state index in [-0.39, 0.29) is 5.91 Å². The van der Waals surface area contributed by atoms with Crippen LogP contribution in [0.1, 0.15) is 36.3 Å². The molecule has 0 saturated heterocycles. The largest absolute Gasteiger partial charge is 0.494 e. The van der Waals surface area contributed by atoms with E-state index in [0.29, 0.717) is 23.7 Å². The Morgan fingerprint density at radius 2 is 1.93 bits per heavy atom. The fourth-order valence-corrected chi connectivity index (χ4v) is 2.38. The number of hydrazone groups is 1. The van der Waals surface area contributed by atoms with Gasteiger partial charge in [-0.2, -0.15) is 10.2 Å². The number of hydrogen-bond donors (Lipinski definition) is 2.